The zero-order chi connectivity index (χ0) is 13.1. The summed E-state index contributed by atoms with van der Waals surface area (Å²) in [6.07, 6.45) is 5.41. The van der Waals surface area contributed by atoms with E-state index < -0.39 is 0 Å². The van der Waals surface area contributed by atoms with Crippen LogP contribution in [0.25, 0.3) is 12.2 Å². The normalized spacial score (nSPS) is 9.39. The van der Waals surface area contributed by atoms with E-state index in [0.717, 1.165) is 5.56 Å². The number of ether oxygens (including phenoxy) is 1. The van der Waals surface area contributed by atoms with E-state index in [1.54, 1.807) is 13.4 Å². The van der Waals surface area contributed by atoms with Crippen LogP contribution in [0.1, 0.15) is 11.1 Å². The molecule has 2 aromatic carbocycles. The average Bonchev–Trinajstić information content (AvgIpc) is 2.48. The Balaban J connectivity index is 0.000000184. The molecule has 0 saturated carbocycles. The van der Waals surface area contributed by atoms with Crippen LogP contribution in [0.15, 0.2) is 73.5 Å². The van der Waals surface area contributed by atoms with Gasteiger partial charge in [-0.3, -0.25) is 0 Å². The van der Waals surface area contributed by atoms with Crippen molar-refractivity contribution in [1.82, 2.24) is 0 Å². The smallest absolute Gasteiger partial charge is 0.0830 e. The van der Waals surface area contributed by atoms with Crippen LogP contribution < -0.4 is 0 Å². The zero-order valence-electron chi connectivity index (χ0n) is 10.6. The SMILES string of the molecule is C=Cc1ccccc1.COC=Cc1ccccc1. The lowest BCUT2D eigenvalue weighted by atomic mass is 10.2. The topological polar surface area (TPSA) is 9.23 Å². The van der Waals surface area contributed by atoms with E-state index in [1.807, 2.05) is 72.8 Å². The van der Waals surface area contributed by atoms with E-state index in [2.05, 4.69) is 6.58 Å². The maximum absolute atomic E-state index is 4.77. The van der Waals surface area contributed by atoms with Crippen LogP contribution in [0, 0.1) is 0 Å². The van der Waals surface area contributed by atoms with Gasteiger partial charge in [-0.15, -0.1) is 0 Å². The van der Waals surface area contributed by atoms with Gasteiger partial charge in [0.2, 0.25) is 0 Å². The van der Waals surface area contributed by atoms with Crippen molar-refractivity contribution in [2.24, 2.45) is 0 Å². The van der Waals surface area contributed by atoms with Crippen molar-refractivity contribution in [2.75, 3.05) is 7.11 Å². The summed E-state index contributed by atoms with van der Waals surface area (Å²) >= 11 is 0. The van der Waals surface area contributed by atoms with Gasteiger partial charge >= 0.3 is 0 Å². The third-order valence-electron chi connectivity index (χ3n) is 2.23. The molecule has 0 aliphatic heterocycles. The summed E-state index contributed by atoms with van der Waals surface area (Å²) in [7, 11) is 1.64. The molecule has 0 aliphatic rings. The molecular weight excluding hydrogens is 220 g/mol. The average molecular weight is 238 g/mol. The first kappa shape index (κ1) is 13.8. The van der Waals surface area contributed by atoms with Crippen LogP contribution in [-0.4, -0.2) is 7.11 Å². The molecule has 0 saturated heterocycles. The van der Waals surface area contributed by atoms with Gasteiger partial charge in [0.25, 0.3) is 0 Å². The van der Waals surface area contributed by atoms with Gasteiger partial charge in [-0.05, 0) is 17.2 Å². The first-order valence-electron chi connectivity index (χ1n) is 5.78. The van der Waals surface area contributed by atoms with E-state index in [9.17, 15) is 0 Å². The number of rotatable bonds is 3. The summed E-state index contributed by atoms with van der Waals surface area (Å²) in [5.41, 5.74) is 2.33. The molecule has 0 atom stereocenters. The van der Waals surface area contributed by atoms with Crippen LogP contribution in [0.3, 0.4) is 0 Å². The predicted octanol–water partition coefficient (Wildman–Crippen LogP) is 4.63. The minimum absolute atomic E-state index is 1.16. The molecule has 1 nitrogen and oxygen atoms in total. The van der Waals surface area contributed by atoms with E-state index in [0.29, 0.717) is 0 Å². The predicted molar refractivity (Wildman–Crippen MR) is 79.0 cm³/mol. The highest BCUT2D eigenvalue weighted by Crippen LogP contribution is 2.00. The molecule has 0 spiro atoms. The lowest BCUT2D eigenvalue weighted by Crippen LogP contribution is -1.69. The van der Waals surface area contributed by atoms with Crippen molar-refractivity contribution in [2.45, 2.75) is 0 Å². The molecule has 0 heterocycles. The number of methoxy groups -OCH3 is 1. The fraction of sp³-hybridized carbons (Fsp3) is 0.0588. The highest BCUT2D eigenvalue weighted by atomic mass is 16.5. The second-order valence-electron chi connectivity index (χ2n) is 3.56. The van der Waals surface area contributed by atoms with E-state index in [-0.39, 0.29) is 0 Å². The third kappa shape index (κ3) is 5.71. The summed E-state index contributed by atoms with van der Waals surface area (Å²) in [6.45, 7) is 3.63. The summed E-state index contributed by atoms with van der Waals surface area (Å²) in [4.78, 5) is 0. The van der Waals surface area contributed by atoms with Gasteiger partial charge in [-0.2, -0.15) is 0 Å². The van der Waals surface area contributed by atoms with Crippen molar-refractivity contribution in [3.05, 3.63) is 84.6 Å². The Kier molecular flexibility index (Phi) is 6.76. The Bertz CT molecular complexity index is 457. The third-order valence-corrected chi connectivity index (χ3v) is 2.23. The lowest BCUT2D eigenvalue weighted by Gasteiger charge is -1.89. The number of hydrogen-bond acceptors (Lipinski definition) is 1. The molecular formula is C17H18O. The van der Waals surface area contributed by atoms with Crippen LogP contribution in [0.2, 0.25) is 0 Å². The summed E-state index contributed by atoms with van der Waals surface area (Å²) in [6, 6.07) is 20.1. The summed E-state index contributed by atoms with van der Waals surface area (Å²) in [5.74, 6) is 0. The standard InChI is InChI=1S/C9H10O.C8H8/c1-10-8-7-9-5-3-2-4-6-9;1-2-8-6-4-3-5-7-8/h2-8H,1H3;2-7H,1H2. The molecule has 0 fully saturated rings. The quantitative estimate of drug-likeness (QED) is 0.708. The van der Waals surface area contributed by atoms with Gasteiger partial charge in [0.15, 0.2) is 0 Å². The molecule has 2 aromatic rings. The van der Waals surface area contributed by atoms with Gasteiger partial charge in [0.1, 0.15) is 0 Å². The second kappa shape index (κ2) is 8.82. The van der Waals surface area contributed by atoms with E-state index >= 15 is 0 Å². The monoisotopic (exact) mass is 238 g/mol. The fourth-order valence-corrected chi connectivity index (χ4v) is 1.30. The maximum atomic E-state index is 4.77. The Morgan fingerprint density at radius 1 is 0.833 bits per heavy atom. The minimum atomic E-state index is 1.16. The van der Waals surface area contributed by atoms with Crippen LogP contribution in [0.4, 0.5) is 0 Å². The van der Waals surface area contributed by atoms with Crippen LogP contribution in [-0.2, 0) is 4.74 Å². The molecule has 0 aromatic heterocycles. The van der Waals surface area contributed by atoms with Gasteiger partial charge < -0.3 is 4.74 Å². The number of benzene rings is 2. The summed E-state index contributed by atoms with van der Waals surface area (Å²) < 4.78 is 4.77. The molecule has 2 rings (SSSR count). The highest BCUT2D eigenvalue weighted by molar-refractivity contribution is 5.47. The molecule has 1 heteroatoms. The fourth-order valence-electron chi connectivity index (χ4n) is 1.30. The van der Waals surface area contributed by atoms with E-state index in [1.165, 1.54) is 5.56 Å². The largest absolute Gasteiger partial charge is 0.504 e. The van der Waals surface area contributed by atoms with Crippen molar-refractivity contribution >= 4 is 12.2 Å². The second-order valence-corrected chi connectivity index (χ2v) is 3.56. The van der Waals surface area contributed by atoms with Gasteiger partial charge in [-0.25, -0.2) is 0 Å². The molecule has 0 N–H and O–H groups in total. The Labute approximate surface area is 109 Å². The maximum Gasteiger partial charge on any atom is 0.0830 e. The van der Waals surface area contributed by atoms with Crippen molar-refractivity contribution in [3.8, 4) is 0 Å². The lowest BCUT2D eigenvalue weighted by molar-refractivity contribution is 0.341. The molecule has 92 valence electrons. The first-order chi connectivity index (χ1) is 8.86. The highest BCUT2D eigenvalue weighted by Gasteiger charge is 1.79. The number of hydrogen-bond donors (Lipinski definition) is 0. The molecule has 0 amide bonds. The molecule has 0 aliphatic carbocycles. The van der Waals surface area contributed by atoms with Crippen molar-refractivity contribution in [1.29, 1.82) is 0 Å². The molecule has 0 radical (unpaired) electrons. The zero-order valence-corrected chi connectivity index (χ0v) is 10.6. The van der Waals surface area contributed by atoms with Gasteiger partial charge in [0, 0.05) is 0 Å². The van der Waals surface area contributed by atoms with E-state index in [4.69, 9.17) is 4.74 Å². The molecule has 0 unspecified atom stereocenters. The summed E-state index contributed by atoms with van der Waals surface area (Å²) in [5, 5.41) is 0. The molecule has 0 bridgehead atoms. The molecule has 18 heavy (non-hydrogen) atoms. The minimum Gasteiger partial charge on any atom is -0.504 e. The van der Waals surface area contributed by atoms with Gasteiger partial charge in [-0.1, -0.05) is 73.3 Å². The Morgan fingerprint density at radius 2 is 1.33 bits per heavy atom. The van der Waals surface area contributed by atoms with Crippen LogP contribution >= 0.6 is 0 Å². The van der Waals surface area contributed by atoms with Gasteiger partial charge in [0.05, 0.1) is 13.4 Å². The Hall–Kier alpha value is -2.28. The first-order valence-corrected chi connectivity index (χ1v) is 5.78. The van der Waals surface area contributed by atoms with Crippen molar-refractivity contribution < 1.29 is 4.74 Å². The van der Waals surface area contributed by atoms with Crippen LogP contribution in [0.5, 0.6) is 0 Å². The Morgan fingerprint density at radius 3 is 1.72 bits per heavy atom. The van der Waals surface area contributed by atoms with Crippen molar-refractivity contribution in [3.63, 3.8) is 0 Å².